The van der Waals surface area contributed by atoms with E-state index in [1.807, 2.05) is 45.0 Å². The first-order valence-electron chi connectivity index (χ1n) is 9.25. The predicted octanol–water partition coefficient (Wildman–Crippen LogP) is 5.28. The van der Waals surface area contributed by atoms with Gasteiger partial charge in [0.2, 0.25) is 0 Å². The van der Waals surface area contributed by atoms with Crippen LogP contribution in [0.5, 0.6) is 0 Å². The molecule has 0 saturated heterocycles. The van der Waals surface area contributed by atoms with E-state index < -0.39 is 5.54 Å². The van der Waals surface area contributed by atoms with E-state index in [0.717, 1.165) is 36.0 Å². The standard InChI is InChI=1S/C23H30N2O/c1-18(2)20-14-10-15-21(17-20)23(3,4)25-22(26)24-16-9-8-13-19-11-6-5-7-12-19/h5-7,10-12,14-15,17H,1,8-9,13,16H2,2-4H3,(H2,24,25,26). The van der Waals surface area contributed by atoms with E-state index in [1.165, 1.54) is 5.56 Å². The average molecular weight is 351 g/mol. The van der Waals surface area contributed by atoms with Crippen LogP contribution >= 0.6 is 0 Å². The summed E-state index contributed by atoms with van der Waals surface area (Å²) in [5.74, 6) is 0. The zero-order valence-electron chi connectivity index (χ0n) is 16.1. The molecule has 0 spiro atoms. The zero-order chi connectivity index (χ0) is 19.0. The van der Waals surface area contributed by atoms with Crippen LogP contribution in [0.2, 0.25) is 0 Å². The number of carbonyl (C=O) groups excluding carboxylic acids is 1. The highest BCUT2D eigenvalue weighted by Gasteiger charge is 2.22. The summed E-state index contributed by atoms with van der Waals surface area (Å²) < 4.78 is 0. The molecule has 0 fully saturated rings. The van der Waals surface area contributed by atoms with Crippen LogP contribution in [0.3, 0.4) is 0 Å². The molecule has 0 radical (unpaired) electrons. The molecular formula is C23H30N2O. The van der Waals surface area contributed by atoms with Crippen LogP contribution in [-0.2, 0) is 12.0 Å². The van der Waals surface area contributed by atoms with Gasteiger partial charge in [0.1, 0.15) is 0 Å². The zero-order valence-corrected chi connectivity index (χ0v) is 16.1. The Bertz CT molecular complexity index is 735. The van der Waals surface area contributed by atoms with Crippen LogP contribution in [0, 0.1) is 0 Å². The number of hydrogen-bond acceptors (Lipinski definition) is 1. The van der Waals surface area contributed by atoms with Crippen LogP contribution in [0.15, 0.2) is 61.2 Å². The number of hydrogen-bond donors (Lipinski definition) is 2. The molecule has 0 aliphatic carbocycles. The van der Waals surface area contributed by atoms with E-state index in [-0.39, 0.29) is 6.03 Å². The highest BCUT2D eigenvalue weighted by Crippen LogP contribution is 2.23. The molecule has 2 aromatic rings. The van der Waals surface area contributed by atoms with Crippen LogP contribution < -0.4 is 10.6 Å². The summed E-state index contributed by atoms with van der Waals surface area (Å²) >= 11 is 0. The predicted molar refractivity (Wildman–Crippen MR) is 110 cm³/mol. The SMILES string of the molecule is C=C(C)c1cccc(C(C)(C)NC(=O)NCCCCc2ccccc2)c1. The van der Waals surface area contributed by atoms with Crippen molar-refractivity contribution in [2.24, 2.45) is 0 Å². The third-order valence-corrected chi connectivity index (χ3v) is 4.52. The van der Waals surface area contributed by atoms with Crippen molar-refractivity contribution in [1.29, 1.82) is 0 Å². The number of amides is 2. The molecule has 26 heavy (non-hydrogen) atoms. The summed E-state index contributed by atoms with van der Waals surface area (Å²) in [5, 5.41) is 6.03. The molecule has 0 bridgehead atoms. The Hall–Kier alpha value is -2.55. The Morgan fingerprint density at radius 2 is 1.77 bits per heavy atom. The van der Waals surface area contributed by atoms with Gasteiger partial charge in [0, 0.05) is 6.54 Å². The number of unbranched alkanes of at least 4 members (excludes halogenated alkanes) is 1. The second kappa shape index (κ2) is 9.23. The Balaban J connectivity index is 1.77. The van der Waals surface area contributed by atoms with E-state index in [0.29, 0.717) is 6.54 Å². The minimum atomic E-state index is -0.445. The second-order valence-electron chi connectivity index (χ2n) is 7.31. The Morgan fingerprint density at radius 3 is 2.46 bits per heavy atom. The number of carbonyl (C=O) groups is 1. The number of urea groups is 1. The van der Waals surface area contributed by atoms with Crippen molar-refractivity contribution in [1.82, 2.24) is 10.6 Å². The van der Waals surface area contributed by atoms with Gasteiger partial charge in [0.15, 0.2) is 0 Å². The van der Waals surface area contributed by atoms with Crippen LogP contribution in [-0.4, -0.2) is 12.6 Å². The lowest BCUT2D eigenvalue weighted by molar-refractivity contribution is 0.230. The third kappa shape index (κ3) is 6.07. The molecule has 0 unspecified atom stereocenters. The molecular weight excluding hydrogens is 320 g/mol. The topological polar surface area (TPSA) is 41.1 Å². The maximum Gasteiger partial charge on any atom is 0.315 e. The summed E-state index contributed by atoms with van der Waals surface area (Å²) in [7, 11) is 0. The Labute approximate surface area is 157 Å². The Morgan fingerprint density at radius 1 is 1.04 bits per heavy atom. The lowest BCUT2D eigenvalue weighted by Crippen LogP contribution is -2.46. The normalized spacial score (nSPS) is 11.0. The summed E-state index contributed by atoms with van der Waals surface area (Å²) in [6.07, 6.45) is 3.07. The summed E-state index contributed by atoms with van der Waals surface area (Å²) in [5.41, 5.74) is 4.08. The molecule has 0 heterocycles. The molecule has 2 N–H and O–H groups in total. The first-order chi connectivity index (χ1) is 12.4. The maximum atomic E-state index is 12.2. The van der Waals surface area contributed by atoms with Crippen molar-refractivity contribution in [3.05, 3.63) is 77.9 Å². The van der Waals surface area contributed by atoms with Gasteiger partial charge < -0.3 is 10.6 Å². The molecule has 0 aliphatic rings. The highest BCUT2D eigenvalue weighted by atomic mass is 16.2. The Kier molecular flexibility index (Phi) is 7.02. The van der Waals surface area contributed by atoms with Gasteiger partial charge in [-0.1, -0.05) is 60.7 Å². The van der Waals surface area contributed by atoms with Gasteiger partial charge in [-0.2, -0.15) is 0 Å². The van der Waals surface area contributed by atoms with Crippen molar-refractivity contribution in [3.8, 4) is 0 Å². The first kappa shape index (κ1) is 19.8. The largest absolute Gasteiger partial charge is 0.338 e. The first-order valence-corrected chi connectivity index (χ1v) is 9.25. The maximum absolute atomic E-state index is 12.2. The average Bonchev–Trinajstić information content (AvgIpc) is 2.62. The summed E-state index contributed by atoms with van der Waals surface area (Å²) in [6, 6.07) is 18.5. The quantitative estimate of drug-likeness (QED) is 0.625. The minimum Gasteiger partial charge on any atom is -0.338 e. The molecule has 0 atom stereocenters. The fourth-order valence-electron chi connectivity index (χ4n) is 2.87. The third-order valence-electron chi connectivity index (χ3n) is 4.52. The van der Waals surface area contributed by atoms with E-state index in [2.05, 4.69) is 47.5 Å². The molecule has 2 rings (SSSR count). The minimum absolute atomic E-state index is 0.129. The lowest BCUT2D eigenvalue weighted by atomic mass is 9.92. The second-order valence-corrected chi connectivity index (χ2v) is 7.31. The molecule has 2 amide bonds. The van der Waals surface area contributed by atoms with Crippen molar-refractivity contribution in [2.75, 3.05) is 6.54 Å². The number of aryl methyl sites for hydroxylation is 1. The van der Waals surface area contributed by atoms with E-state index in [9.17, 15) is 4.79 Å². The molecule has 0 aliphatic heterocycles. The fourth-order valence-corrected chi connectivity index (χ4v) is 2.87. The van der Waals surface area contributed by atoms with Crippen molar-refractivity contribution >= 4 is 11.6 Å². The van der Waals surface area contributed by atoms with Gasteiger partial charge in [0.25, 0.3) is 0 Å². The van der Waals surface area contributed by atoms with Crippen molar-refractivity contribution < 1.29 is 4.79 Å². The lowest BCUT2D eigenvalue weighted by Gasteiger charge is -2.27. The van der Waals surface area contributed by atoms with E-state index in [1.54, 1.807) is 0 Å². The van der Waals surface area contributed by atoms with Gasteiger partial charge in [0.05, 0.1) is 5.54 Å². The van der Waals surface area contributed by atoms with Gasteiger partial charge in [-0.25, -0.2) is 4.79 Å². The van der Waals surface area contributed by atoms with E-state index >= 15 is 0 Å². The number of allylic oxidation sites excluding steroid dienone is 1. The number of benzene rings is 2. The van der Waals surface area contributed by atoms with Crippen molar-refractivity contribution in [3.63, 3.8) is 0 Å². The van der Waals surface area contributed by atoms with Gasteiger partial charge in [-0.15, -0.1) is 0 Å². The van der Waals surface area contributed by atoms with Crippen LogP contribution in [0.4, 0.5) is 4.79 Å². The molecule has 0 aromatic heterocycles. The molecule has 0 saturated carbocycles. The summed E-state index contributed by atoms with van der Waals surface area (Å²) in [6.45, 7) is 10.7. The number of rotatable bonds is 8. The molecule has 138 valence electrons. The molecule has 3 nitrogen and oxygen atoms in total. The van der Waals surface area contributed by atoms with Gasteiger partial charge in [-0.05, 0) is 62.8 Å². The van der Waals surface area contributed by atoms with Gasteiger partial charge >= 0.3 is 6.03 Å². The fraction of sp³-hybridized carbons (Fsp3) is 0.348. The van der Waals surface area contributed by atoms with Crippen LogP contribution in [0.1, 0.15) is 50.3 Å². The van der Waals surface area contributed by atoms with Crippen LogP contribution in [0.25, 0.3) is 5.57 Å². The monoisotopic (exact) mass is 350 g/mol. The van der Waals surface area contributed by atoms with Crippen molar-refractivity contribution in [2.45, 2.75) is 45.6 Å². The number of nitrogens with one attached hydrogen (secondary N) is 2. The summed E-state index contributed by atoms with van der Waals surface area (Å²) in [4.78, 5) is 12.2. The smallest absolute Gasteiger partial charge is 0.315 e. The molecule has 3 heteroatoms. The van der Waals surface area contributed by atoms with Gasteiger partial charge in [-0.3, -0.25) is 0 Å². The van der Waals surface area contributed by atoms with E-state index in [4.69, 9.17) is 0 Å². The molecule has 2 aromatic carbocycles. The highest BCUT2D eigenvalue weighted by molar-refractivity contribution is 5.75.